The minimum absolute atomic E-state index is 0.0759. The summed E-state index contributed by atoms with van der Waals surface area (Å²) >= 11 is 6.40. The molecule has 1 fully saturated rings. The van der Waals surface area contributed by atoms with E-state index in [2.05, 4.69) is 23.2 Å². The fourth-order valence-electron chi connectivity index (χ4n) is 2.82. The second-order valence-electron chi connectivity index (χ2n) is 4.93. The molecule has 0 saturated carbocycles. The molecule has 1 aromatic carbocycles. The number of hydrogen-bond donors (Lipinski definition) is 1. The summed E-state index contributed by atoms with van der Waals surface area (Å²) < 4.78 is 0. The molecule has 1 aromatic rings. The number of carbonyl (C=O) groups excluding carboxylic acids is 1. The van der Waals surface area contributed by atoms with Crippen molar-refractivity contribution in [1.82, 2.24) is 5.32 Å². The molecule has 4 heteroatoms. The first kappa shape index (κ1) is 10.9. The van der Waals surface area contributed by atoms with E-state index < -0.39 is 0 Å². The zero-order chi connectivity index (χ0) is 12.2. The maximum Gasteiger partial charge on any atom is 0.243 e. The fourth-order valence-corrected chi connectivity index (χ4v) is 3.10. The summed E-state index contributed by atoms with van der Waals surface area (Å²) in [6, 6.07) is 4.35. The van der Waals surface area contributed by atoms with Crippen LogP contribution in [0.25, 0.3) is 0 Å². The van der Waals surface area contributed by atoms with Gasteiger partial charge < -0.3 is 10.2 Å². The molecule has 3 rings (SSSR count). The van der Waals surface area contributed by atoms with Crippen molar-refractivity contribution in [3.63, 3.8) is 0 Å². The van der Waals surface area contributed by atoms with Crippen molar-refractivity contribution in [1.29, 1.82) is 0 Å². The predicted octanol–water partition coefficient (Wildman–Crippen LogP) is 1.90. The second kappa shape index (κ2) is 3.64. The van der Waals surface area contributed by atoms with E-state index in [4.69, 9.17) is 11.6 Å². The van der Waals surface area contributed by atoms with Crippen LogP contribution in [0.1, 0.15) is 18.1 Å². The van der Waals surface area contributed by atoms with Crippen molar-refractivity contribution >= 4 is 23.2 Å². The van der Waals surface area contributed by atoms with Crippen LogP contribution in [0.5, 0.6) is 0 Å². The average molecular weight is 251 g/mol. The third-order valence-electron chi connectivity index (χ3n) is 3.75. The number of nitrogens with zero attached hydrogens (tertiary/aromatic N) is 1. The first-order valence-corrected chi connectivity index (χ1v) is 6.31. The van der Waals surface area contributed by atoms with Crippen molar-refractivity contribution < 1.29 is 4.79 Å². The van der Waals surface area contributed by atoms with Gasteiger partial charge in [0.25, 0.3) is 0 Å². The number of rotatable bonds is 0. The van der Waals surface area contributed by atoms with Gasteiger partial charge >= 0.3 is 0 Å². The number of hydrogen-bond acceptors (Lipinski definition) is 2. The predicted molar refractivity (Wildman–Crippen MR) is 68.6 cm³/mol. The minimum Gasteiger partial charge on any atom is -0.353 e. The van der Waals surface area contributed by atoms with Gasteiger partial charge in [-0.05, 0) is 25.0 Å². The van der Waals surface area contributed by atoms with Gasteiger partial charge in [-0.2, -0.15) is 0 Å². The Morgan fingerprint density at radius 2 is 2.24 bits per heavy atom. The quantitative estimate of drug-likeness (QED) is 0.763. The van der Waals surface area contributed by atoms with E-state index in [9.17, 15) is 4.79 Å². The number of aryl methyl sites for hydroxylation is 1. The first-order chi connectivity index (χ1) is 8.09. The molecule has 0 bridgehead atoms. The lowest BCUT2D eigenvalue weighted by atomic mass is 10.1. The van der Waals surface area contributed by atoms with E-state index in [0.29, 0.717) is 12.6 Å². The first-order valence-electron chi connectivity index (χ1n) is 5.93. The van der Waals surface area contributed by atoms with E-state index in [1.54, 1.807) is 0 Å². The smallest absolute Gasteiger partial charge is 0.243 e. The summed E-state index contributed by atoms with van der Waals surface area (Å²) in [5.74, 6) is 0.119. The van der Waals surface area contributed by atoms with E-state index in [0.717, 1.165) is 22.7 Å². The molecule has 2 unspecified atom stereocenters. The highest BCUT2D eigenvalue weighted by atomic mass is 35.5. The summed E-state index contributed by atoms with van der Waals surface area (Å²) in [6.07, 6.45) is 0.769. The second-order valence-corrected chi connectivity index (χ2v) is 5.30. The Bertz CT molecular complexity index is 500. The maximum absolute atomic E-state index is 11.9. The molecular formula is C13H15ClN2O. The van der Waals surface area contributed by atoms with Crippen LogP contribution < -0.4 is 10.2 Å². The van der Waals surface area contributed by atoms with Crippen LogP contribution in [0.3, 0.4) is 0 Å². The summed E-state index contributed by atoms with van der Waals surface area (Å²) in [6.45, 7) is 4.82. The highest BCUT2D eigenvalue weighted by Crippen LogP contribution is 2.42. The van der Waals surface area contributed by atoms with Crippen molar-refractivity contribution in [2.45, 2.75) is 32.4 Å². The van der Waals surface area contributed by atoms with Gasteiger partial charge in [0.05, 0.1) is 10.7 Å². The van der Waals surface area contributed by atoms with Crippen LogP contribution >= 0.6 is 11.6 Å². The number of anilines is 1. The van der Waals surface area contributed by atoms with Gasteiger partial charge in [0.1, 0.15) is 6.04 Å². The van der Waals surface area contributed by atoms with Gasteiger partial charge in [-0.25, -0.2) is 0 Å². The van der Waals surface area contributed by atoms with E-state index >= 15 is 0 Å². The molecule has 1 saturated heterocycles. The molecule has 2 heterocycles. The van der Waals surface area contributed by atoms with E-state index in [-0.39, 0.29) is 11.9 Å². The van der Waals surface area contributed by atoms with Gasteiger partial charge in [0.2, 0.25) is 5.91 Å². The number of fused-ring (bicyclic) bond motifs is 3. The number of carbonyl (C=O) groups is 1. The Labute approximate surface area is 106 Å². The number of piperazine rings is 1. The van der Waals surface area contributed by atoms with Crippen molar-refractivity contribution in [2.24, 2.45) is 0 Å². The monoisotopic (exact) mass is 250 g/mol. The number of halogens is 1. The molecule has 0 radical (unpaired) electrons. The lowest BCUT2D eigenvalue weighted by Gasteiger charge is -2.37. The van der Waals surface area contributed by atoms with Crippen LogP contribution in [0.2, 0.25) is 5.02 Å². The SMILES string of the molecule is Cc1ccc2c(c1Cl)N1C(C)CNC(=O)C1C2. The largest absolute Gasteiger partial charge is 0.353 e. The normalized spacial score (nSPS) is 26.5. The molecule has 0 spiro atoms. The summed E-state index contributed by atoms with van der Waals surface area (Å²) in [4.78, 5) is 14.1. The fraction of sp³-hybridized carbons (Fsp3) is 0.462. The van der Waals surface area contributed by atoms with Gasteiger partial charge in [-0.3, -0.25) is 4.79 Å². The zero-order valence-corrected chi connectivity index (χ0v) is 10.7. The highest BCUT2D eigenvalue weighted by Gasteiger charge is 2.41. The molecule has 0 aromatic heterocycles. The van der Waals surface area contributed by atoms with Gasteiger partial charge in [-0.1, -0.05) is 23.7 Å². The average Bonchev–Trinajstić information content (AvgIpc) is 2.70. The van der Waals surface area contributed by atoms with Crippen molar-refractivity contribution in [3.05, 3.63) is 28.3 Å². The van der Waals surface area contributed by atoms with Crippen LogP contribution in [0, 0.1) is 6.92 Å². The van der Waals surface area contributed by atoms with Gasteiger partial charge in [-0.15, -0.1) is 0 Å². The Hall–Kier alpha value is -1.22. The molecule has 90 valence electrons. The zero-order valence-electron chi connectivity index (χ0n) is 9.96. The molecular weight excluding hydrogens is 236 g/mol. The van der Waals surface area contributed by atoms with Crippen LogP contribution in [-0.2, 0) is 11.2 Å². The molecule has 2 atom stereocenters. The third kappa shape index (κ3) is 1.45. The van der Waals surface area contributed by atoms with Crippen molar-refractivity contribution in [3.8, 4) is 0 Å². The molecule has 0 aliphatic carbocycles. The Morgan fingerprint density at radius 1 is 1.47 bits per heavy atom. The summed E-state index contributed by atoms with van der Waals surface area (Å²) in [5, 5.41) is 3.75. The molecule has 17 heavy (non-hydrogen) atoms. The molecule has 2 aliphatic heterocycles. The van der Waals surface area contributed by atoms with Gasteiger partial charge in [0, 0.05) is 19.0 Å². The summed E-state index contributed by atoms with van der Waals surface area (Å²) in [7, 11) is 0. The molecule has 3 nitrogen and oxygen atoms in total. The molecule has 1 N–H and O–H groups in total. The standard InChI is InChI=1S/C13H15ClN2O/c1-7-3-4-9-5-10-13(17)15-6-8(2)16(10)12(9)11(7)14/h3-4,8,10H,5-6H2,1-2H3,(H,15,17). The van der Waals surface area contributed by atoms with Gasteiger partial charge in [0.15, 0.2) is 0 Å². The van der Waals surface area contributed by atoms with Crippen LogP contribution in [0.15, 0.2) is 12.1 Å². The van der Waals surface area contributed by atoms with Crippen LogP contribution in [-0.4, -0.2) is 24.5 Å². The Morgan fingerprint density at radius 3 is 3.00 bits per heavy atom. The van der Waals surface area contributed by atoms with Crippen molar-refractivity contribution in [2.75, 3.05) is 11.4 Å². The summed E-state index contributed by atoms with van der Waals surface area (Å²) in [5.41, 5.74) is 3.33. The molecule has 1 amide bonds. The Kier molecular flexibility index (Phi) is 2.33. The topological polar surface area (TPSA) is 32.3 Å². The number of amides is 1. The van der Waals surface area contributed by atoms with E-state index in [1.807, 2.05) is 13.0 Å². The third-order valence-corrected chi connectivity index (χ3v) is 4.23. The number of benzene rings is 1. The number of nitrogens with one attached hydrogen (secondary N) is 1. The molecule has 2 aliphatic rings. The maximum atomic E-state index is 11.9. The lowest BCUT2D eigenvalue weighted by molar-refractivity contribution is -0.123. The minimum atomic E-state index is -0.0759. The lowest BCUT2D eigenvalue weighted by Crippen LogP contribution is -2.58. The highest BCUT2D eigenvalue weighted by molar-refractivity contribution is 6.34. The van der Waals surface area contributed by atoms with E-state index in [1.165, 1.54) is 5.56 Å². The van der Waals surface area contributed by atoms with Crippen LogP contribution in [0.4, 0.5) is 5.69 Å². The Balaban J connectivity index is 2.14.